The number of para-hydroxylation sites is 1. The average Bonchev–Trinajstić information content (AvgIpc) is 3.40. The molecule has 0 radical (unpaired) electrons. The maximum atomic E-state index is 11.5. The van der Waals surface area contributed by atoms with Crippen molar-refractivity contribution < 1.29 is 24.4 Å². The summed E-state index contributed by atoms with van der Waals surface area (Å²) < 4.78 is 3.85. The first kappa shape index (κ1) is 23.2. The molecule has 4 aromatic rings. The van der Waals surface area contributed by atoms with Gasteiger partial charge in [0, 0.05) is 0 Å². The van der Waals surface area contributed by atoms with Gasteiger partial charge in [0.1, 0.15) is 0 Å². The Bertz CT molecular complexity index is 1570. The molecule has 9 heteroatoms. The van der Waals surface area contributed by atoms with E-state index >= 15 is 0 Å². The number of carboxylic acid groups (broad SMARTS) is 2. The van der Waals surface area contributed by atoms with Gasteiger partial charge in [-0.3, -0.25) is 0 Å². The molecule has 2 N–H and O–H groups in total. The Kier molecular flexibility index (Phi) is 6.35. The maximum absolute atomic E-state index is 11.5. The Balaban J connectivity index is 1.72. The van der Waals surface area contributed by atoms with Gasteiger partial charge in [-0.05, 0) is 0 Å². The van der Waals surface area contributed by atoms with Gasteiger partial charge in [0.25, 0.3) is 0 Å². The Morgan fingerprint density at radius 1 is 1.00 bits per heavy atom. The molecule has 0 amide bonds. The van der Waals surface area contributed by atoms with Crippen LogP contribution in [-0.2, 0) is 16.1 Å². The zero-order chi connectivity index (χ0) is 24.5. The van der Waals surface area contributed by atoms with Crippen LogP contribution in [0.5, 0.6) is 0 Å². The number of aryl methyl sites for hydroxylation is 1. The molecule has 0 saturated carbocycles. The van der Waals surface area contributed by atoms with Crippen LogP contribution in [-0.4, -0.2) is 43.2 Å². The fourth-order valence-corrected chi connectivity index (χ4v) is 8.21. The molecule has 0 atom stereocenters. The van der Waals surface area contributed by atoms with E-state index in [1.54, 1.807) is 0 Å². The molecule has 35 heavy (non-hydrogen) atoms. The number of anilines is 1. The number of fused-ring (bicyclic) bond motifs is 4. The fraction of sp³-hybridized carbons (Fsp3) is 0.154. The third-order valence-corrected chi connectivity index (χ3v) is 9.57. The van der Waals surface area contributed by atoms with E-state index in [9.17, 15) is 25.1 Å². The van der Waals surface area contributed by atoms with Crippen molar-refractivity contribution in [1.29, 1.82) is 5.26 Å². The first-order chi connectivity index (χ1) is 17.0. The third kappa shape index (κ3) is 4.32. The van der Waals surface area contributed by atoms with E-state index in [0.717, 1.165) is 35.7 Å². The molecule has 1 aliphatic rings. The number of carbonyl (C=O) groups is 2. The molecule has 0 bridgehead atoms. The van der Waals surface area contributed by atoms with Crippen LogP contribution in [0.3, 0.4) is 0 Å². The van der Waals surface area contributed by atoms with Crippen LogP contribution in [0, 0.1) is 11.3 Å². The standard InChI is InChI=1S/C26H19N3O4SSe/c27-15-18(26-29(14-12-23(32)33)19-7-3-4-8-21(19)35-26)25-28(13-11-22(30)31)20-10-9-16-5-1-2-6-17(16)24(20)34-25/h1-10H,11-14H2,(H-,30,31,32,33)/p+1. The van der Waals surface area contributed by atoms with Gasteiger partial charge in [0.05, 0.1) is 0 Å². The number of carboxylic acids is 2. The summed E-state index contributed by atoms with van der Waals surface area (Å²) in [6.45, 7) is 0.494. The van der Waals surface area contributed by atoms with Crippen LogP contribution in [0.2, 0.25) is 0 Å². The van der Waals surface area contributed by atoms with E-state index < -0.39 is 11.9 Å². The number of rotatable bonds is 7. The van der Waals surface area contributed by atoms with Crippen LogP contribution in [0.15, 0.2) is 70.6 Å². The van der Waals surface area contributed by atoms with E-state index in [-0.39, 0.29) is 40.4 Å². The molecule has 0 fully saturated rings. The van der Waals surface area contributed by atoms with Gasteiger partial charge < -0.3 is 0 Å². The van der Waals surface area contributed by atoms with Gasteiger partial charge in [-0.2, -0.15) is 0 Å². The molecule has 5 rings (SSSR count). The molecule has 174 valence electrons. The summed E-state index contributed by atoms with van der Waals surface area (Å²) in [4.78, 5) is 25.7. The van der Waals surface area contributed by atoms with E-state index in [0.29, 0.717) is 10.6 Å². The second-order valence-corrected chi connectivity index (χ2v) is 11.2. The van der Waals surface area contributed by atoms with E-state index in [1.165, 1.54) is 11.8 Å². The molecule has 1 aliphatic heterocycles. The van der Waals surface area contributed by atoms with Crippen molar-refractivity contribution in [2.45, 2.75) is 24.3 Å². The zero-order valence-electron chi connectivity index (χ0n) is 18.5. The van der Waals surface area contributed by atoms with Gasteiger partial charge in [0.2, 0.25) is 0 Å². The molecule has 2 heterocycles. The number of aliphatic carboxylic acids is 2. The summed E-state index contributed by atoms with van der Waals surface area (Å²) in [5, 5.41) is 31.9. The average molecular weight is 549 g/mol. The molecule has 0 saturated heterocycles. The SMILES string of the molecule is N#C/C(=C1/Sc2c(ccc3ccccc23)N1CCC(=O)O)c1[se]c2ccccc2[n+]1CCC(=O)O. The van der Waals surface area contributed by atoms with Crippen LogP contribution < -0.4 is 9.47 Å². The Hall–Kier alpha value is -3.57. The summed E-state index contributed by atoms with van der Waals surface area (Å²) >= 11 is 1.29. The summed E-state index contributed by atoms with van der Waals surface area (Å²) in [6.07, 6.45) is -0.124. The monoisotopic (exact) mass is 550 g/mol. The summed E-state index contributed by atoms with van der Waals surface area (Å²) in [5.74, 6) is -1.81. The zero-order valence-corrected chi connectivity index (χ0v) is 21.0. The van der Waals surface area contributed by atoms with Crippen LogP contribution in [0.25, 0.3) is 26.1 Å². The molecule has 1 aromatic heterocycles. The van der Waals surface area contributed by atoms with E-state index in [4.69, 9.17) is 0 Å². The molecule has 0 unspecified atom stereocenters. The van der Waals surface area contributed by atoms with E-state index in [1.807, 2.05) is 70.1 Å². The number of hydrogen-bond donors (Lipinski definition) is 2. The van der Waals surface area contributed by atoms with Gasteiger partial charge in [-0.25, -0.2) is 0 Å². The van der Waals surface area contributed by atoms with Crippen molar-refractivity contribution in [2.75, 3.05) is 11.4 Å². The van der Waals surface area contributed by atoms with Crippen LogP contribution >= 0.6 is 11.8 Å². The number of aromatic nitrogens is 1. The van der Waals surface area contributed by atoms with Crippen molar-refractivity contribution in [3.8, 4) is 6.07 Å². The predicted octanol–water partition coefficient (Wildman–Crippen LogP) is 4.09. The predicted molar refractivity (Wildman–Crippen MR) is 135 cm³/mol. The van der Waals surface area contributed by atoms with Crippen molar-refractivity contribution in [3.63, 3.8) is 0 Å². The molecule has 7 nitrogen and oxygen atoms in total. The number of nitriles is 1. The van der Waals surface area contributed by atoms with Crippen LogP contribution in [0.4, 0.5) is 5.69 Å². The summed E-state index contributed by atoms with van der Waals surface area (Å²) in [6, 6.07) is 22.2. The van der Waals surface area contributed by atoms with Crippen molar-refractivity contribution >= 4 is 70.0 Å². The number of nitrogens with zero attached hydrogens (tertiary/aromatic N) is 3. The minimum absolute atomic E-state index is 0.0529. The third-order valence-electron chi connectivity index (χ3n) is 5.84. The Morgan fingerprint density at radius 3 is 2.51 bits per heavy atom. The molecule has 3 aromatic carbocycles. The van der Waals surface area contributed by atoms with Gasteiger partial charge in [-0.15, -0.1) is 0 Å². The minimum atomic E-state index is -0.907. The van der Waals surface area contributed by atoms with Crippen molar-refractivity contribution in [1.82, 2.24) is 0 Å². The number of hydrogen-bond acceptors (Lipinski definition) is 5. The number of allylic oxidation sites excluding steroid dienone is 1. The van der Waals surface area contributed by atoms with Gasteiger partial charge >= 0.3 is 212 Å². The Morgan fingerprint density at radius 2 is 1.74 bits per heavy atom. The topological polar surface area (TPSA) is 106 Å². The second-order valence-electron chi connectivity index (χ2n) is 7.99. The van der Waals surface area contributed by atoms with Crippen LogP contribution in [0.1, 0.15) is 17.4 Å². The number of benzene rings is 3. The normalized spacial score (nSPS) is 14.2. The number of thioether (sulfide) groups is 1. The first-order valence-electron chi connectivity index (χ1n) is 10.9. The van der Waals surface area contributed by atoms with Crippen molar-refractivity contribution in [2.24, 2.45) is 0 Å². The van der Waals surface area contributed by atoms with Gasteiger partial charge in [-0.1, -0.05) is 0 Å². The molecular weight excluding hydrogens is 529 g/mol. The summed E-state index contributed by atoms with van der Waals surface area (Å²) in [5.41, 5.74) is 2.29. The quantitative estimate of drug-likeness (QED) is 0.203. The first-order valence-corrected chi connectivity index (χ1v) is 13.5. The molecular formula is C26H20N3O4SSe+. The van der Waals surface area contributed by atoms with E-state index in [2.05, 4.69) is 6.07 Å². The molecule has 0 spiro atoms. The molecule has 0 aliphatic carbocycles. The second kappa shape index (κ2) is 9.59. The van der Waals surface area contributed by atoms with Gasteiger partial charge in [0.15, 0.2) is 0 Å². The summed E-state index contributed by atoms with van der Waals surface area (Å²) in [7, 11) is 0. The Labute approximate surface area is 211 Å². The van der Waals surface area contributed by atoms with Crippen molar-refractivity contribution in [3.05, 3.63) is 70.3 Å². The fourth-order valence-electron chi connectivity index (χ4n) is 4.27.